The number of halogens is 3. The average molecular weight is 465 g/mol. The Morgan fingerprint density at radius 2 is 1.65 bits per heavy atom. The van der Waals surface area contributed by atoms with Gasteiger partial charge in [0.15, 0.2) is 5.78 Å². The Kier molecular flexibility index (Phi) is 7.41. The van der Waals surface area contributed by atoms with Crippen LogP contribution >= 0.6 is 23.2 Å². The number of hydrazine groups is 1. The van der Waals surface area contributed by atoms with Gasteiger partial charge in [0, 0.05) is 24.3 Å². The summed E-state index contributed by atoms with van der Waals surface area (Å²) < 4.78 is 13.3. The smallest absolute Gasteiger partial charge is 0.275 e. The monoisotopic (exact) mass is 464 g/mol. The molecule has 2 aromatic carbocycles. The van der Waals surface area contributed by atoms with E-state index < -0.39 is 35.4 Å². The lowest BCUT2D eigenvalue weighted by molar-refractivity contribution is -0.165. The molecule has 0 saturated carbocycles. The fraction of sp³-hybridized carbons (Fsp3) is 0.273. The van der Waals surface area contributed by atoms with E-state index >= 15 is 0 Å². The van der Waals surface area contributed by atoms with Crippen molar-refractivity contribution in [2.24, 2.45) is 0 Å². The van der Waals surface area contributed by atoms with Gasteiger partial charge in [-0.1, -0.05) is 23.7 Å². The van der Waals surface area contributed by atoms with Crippen LogP contribution in [0.1, 0.15) is 46.4 Å². The van der Waals surface area contributed by atoms with E-state index in [0.717, 1.165) is 22.2 Å². The molecular formula is C22H19Cl2FN2O4. The number of ketones is 1. The van der Waals surface area contributed by atoms with Crippen molar-refractivity contribution < 1.29 is 23.6 Å². The molecule has 3 rings (SSSR count). The first-order chi connectivity index (χ1) is 14.8. The van der Waals surface area contributed by atoms with E-state index in [1.54, 1.807) is 12.1 Å². The van der Waals surface area contributed by atoms with E-state index in [-0.39, 0.29) is 41.3 Å². The van der Waals surface area contributed by atoms with Gasteiger partial charge in [0.1, 0.15) is 11.9 Å². The molecule has 2 aromatic rings. The quantitative estimate of drug-likeness (QED) is 0.348. The maximum Gasteiger partial charge on any atom is 0.275 e. The Balaban J connectivity index is 2.11. The van der Waals surface area contributed by atoms with E-state index in [4.69, 9.17) is 23.2 Å². The molecule has 9 heteroatoms. The predicted molar refractivity (Wildman–Crippen MR) is 113 cm³/mol. The molecular weight excluding hydrogens is 446 g/mol. The lowest BCUT2D eigenvalue weighted by atomic mass is 10.00. The predicted octanol–water partition coefficient (Wildman–Crippen LogP) is 4.26. The van der Waals surface area contributed by atoms with Crippen LogP contribution in [0.25, 0.3) is 0 Å². The highest BCUT2D eigenvalue weighted by molar-refractivity contribution is 6.34. The van der Waals surface area contributed by atoms with Gasteiger partial charge in [0.2, 0.25) is 11.8 Å². The average Bonchev–Trinajstić information content (AvgIpc) is 2.75. The number of carbonyl (C=O) groups excluding carboxylic acids is 4. The minimum absolute atomic E-state index is 0.0277. The number of Topliss-reactive ketones (excluding diaryl/α,β-unsaturated/α-hetero) is 1. The third-order valence-corrected chi connectivity index (χ3v) is 5.44. The Labute approximate surface area is 188 Å². The highest BCUT2D eigenvalue weighted by Gasteiger charge is 2.42. The van der Waals surface area contributed by atoms with Crippen molar-refractivity contribution in [2.45, 2.75) is 31.7 Å². The summed E-state index contributed by atoms with van der Waals surface area (Å²) >= 11 is 12.1. The van der Waals surface area contributed by atoms with Gasteiger partial charge in [-0.15, -0.1) is 11.6 Å². The van der Waals surface area contributed by atoms with E-state index in [1.807, 2.05) is 0 Å². The number of hydrogen-bond acceptors (Lipinski definition) is 4. The Hall–Kier alpha value is -2.77. The maximum absolute atomic E-state index is 13.5. The van der Waals surface area contributed by atoms with Crippen molar-refractivity contribution in [3.63, 3.8) is 0 Å². The molecule has 3 amide bonds. The normalized spacial score (nSPS) is 15.0. The Bertz CT molecular complexity index is 997. The number of benzene rings is 2. The number of imide groups is 1. The van der Waals surface area contributed by atoms with Crippen LogP contribution in [0, 0.1) is 5.82 Å². The first-order valence-corrected chi connectivity index (χ1v) is 10.6. The fourth-order valence-corrected chi connectivity index (χ4v) is 3.81. The highest BCUT2D eigenvalue weighted by atomic mass is 35.5. The zero-order chi connectivity index (χ0) is 22.5. The second-order valence-corrected chi connectivity index (χ2v) is 7.73. The first-order valence-electron chi connectivity index (χ1n) is 9.64. The van der Waals surface area contributed by atoms with Gasteiger partial charge in [-0.05, 0) is 49.2 Å². The molecule has 0 unspecified atom stereocenters. The molecule has 1 saturated heterocycles. The lowest BCUT2D eigenvalue weighted by Gasteiger charge is -2.39. The number of hydrogen-bond donors (Lipinski definition) is 0. The third-order valence-electron chi connectivity index (χ3n) is 4.89. The minimum Gasteiger partial charge on any atom is -0.292 e. The topological polar surface area (TPSA) is 74.8 Å². The number of piperidine rings is 1. The van der Waals surface area contributed by atoms with Crippen LogP contribution in [-0.2, 0) is 9.59 Å². The van der Waals surface area contributed by atoms with Gasteiger partial charge < -0.3 is 0 Å². The number of rotatable bonds is 7. The molecule has 0 N–H and O–H groups in total. The van der Waals surface area contributed by atoms with Crippen molar-refractivity contribution in [3.05, 3.63) is 70.5 Å². The molecule has 6 nitrogen and oxygen atoms in total. The van der Waals surface area contributed by atoms with Crippen LogP contribution in [0.4, 0.5) is 4.39 Å². The number of carbonyl (C=O) groups is 4. The molecule has 0 radical (unpaired) electrons. The molecule has 1 heterocycles. The van der Waals surface area contributed by atoms with Crippen molar-refractivity contribution in [2.75, 3.05) is 5.88 Å². The Morgan fingerprint density at radius 1 is 1.03 bits per heavy atom. The van der Waals surface area contributed by atoms with Gasteiger partial charge in [-0.3, -0.25) is 19.2 Å². The molecule has 1 aliphatic rings. The van der Waals surface area contributed by atoms with E-state index in [9.17, 15) is 23.6 Å². The molecule has 31 heavy (non-hydrogen) atoms. The maximum atomic E-state index is 13.5. The van der Waals surface area contributed by atoms with Crippen molar-refractivity contribution in [1.29, 1.82) is 0 Å². The molecule has 0 aliphatic carbocycles. The molecule has 1 atom stereocenters. The molecule has 1 fully saturated rings. The van der Waals surface area contributed by atoms with Crippen molar-refractivity contribution in [3.8, 4) is 0 Å². The summed E-state index contributed by atoms with van der Waals surface area (Å²) in [5.41, 5.74) is 0.146. The zero-order valence-electron chi connectivity index (χ0n) is 16.4. The molecule has 0 aromatic heterocycles. The van der Waals surface area contributed by atoms with Gasteiger partial charge in [0.05, 0.1) is 10.6 Å². The van der Waals surface area contributed by atoms with Gasteiger partial charge in [-0.25, -0.2) is 9.40 Å². The largest absolute Gasteiger partial charge is 0.292 e. The standard InChI is InChI=1S/C22H19Cl2FN2O4/c23-13-12-18(21(30)14-8-10-15(25)11-9-14)26(27-19(28)6-3-7-20(27)29)22(31)16-4-1-2-5-17(16)24/h1-2,4-5,8-11,18H,3,6-7,12-13H2/t18-/m1/s1. The summed E-state index contributed by atoms with van der Waals surface area (Å²) in [6.45, 7) is 0. The summed E-state index contributed by atoms with van der Waals surface area (Å²) in [7, 11) is 0. The summed E-state index contributed by atoms with van der Waals surface area (Å²) in [5.74, 6) is -3.10. The number of amides is 3. The lowest BCUT2D eigenvalue weighted by Crippen LogP contribution is -2.60. The minimum atomic E-state index is -1.27. The van der Waals surface area contributed by atoms with E-state index in [0.29, 0.717) is 6.42 Å². The van der Waals surface area contributed by atoms with Crippen molar-refractivity contribution >= 4 is 46.7 Å². The van der Waals surface area contributed by atoms with E-state index in [2.05, 4.69) is 0 Å². The van der Waals surface area contributed by atoms with E-state index in [1.165, 1.54) is 24.3 Å². The summed E-state index contributed by atoms with van der Waals surface area (Å²) in [5, 5.41) is 1.70. The first kappa shape index (κ1) is 22.9. The van der Waals surface area contributed by atoms with Crippen LogP contribution in [0.3, 0.4) is 0 Å². The molecule has 162 valence electrons. The summed E-state index contributed by atoms with van der Waals surface area (Å²) in [6, 6.07) is 9.65. The van der Waals surface area contributed by atoms with Gasteiger partial charge in [-0.2, -0.15) is 5.01 Å². The van der Waals surface area contributed by atoms with Crippen LogP contribution in [0.5, 0.6) is 0 Å². The summed E-state index contributed by atoms with van der Waals surface area (Å²) in [4.78, 5) is 52.1. The fourth-order valence-electron chi connectivity index (χ4n) is 3.39. The number of alkyl halides is 1. The van der Waals surface area contributed by atoms with Crippen LogP contribution in [-0.4, -0.2) is 45.4 Å². The molecule has 0 spiro atoms. The van der Waals surface area contributed by atoms with Crippen molar-refractivity contribution in [1.82, 2.24) is 10.0 Å². The summed E-state index contributed by atoms with van der Waals surface area (Å²) in [6.07, 6.45) is 0.423. The van der Waals surface area contributed by atoms with Crippen LogP contribution in [0.2, 0.25) is 5.02 Å². The second-order valence-electron chi connectivity index (χ2n) is 6.95. The second kappa shape index (κ2) is 10.0. The SMILES string of the molecule is O=C(c1ccc(F)cc1)[C@@H](CCCl)N(C(=O)c1ccccc1Cl)N1C(=O)CCCC1=O. The third kappa shape index (κ3) is 4.94. The highest BCUT2D eigenvalue weighted by Crippen LogP contribution is 2.26. The molecule has 0 bridgehead atoms. The molecule has 1 aliphatic heterocycles. The van der Waals surface area contributed by atoms with Gasteiger partial charge >= 0.3 is 0 Å². The Morgan fingerprint density at radius 3 is 2.23 bits per heavy atom. The zero-order valence-corrected chi connectivity index (χ0v) is 17.9. The van der Waals surface area contributed by atoms with Crippen LogP contribution in [0.15, 0.2) is 48.5 Å². The number of nitrogens with zero attached hydrogens (tertiary/aromatic N) is 2. The van der Waals surface area contributed by atoms with Crippen LogP contribution < -0.4 is 0 Å². The van der Waals surface area contributed by atoms with Gasteiger partial charge in [0.25, 0.3) is 5.91 Å².